The normalized spacial score (nSPS) is 29.7. The molecule has 0 aromatic carbocycles. The SMILES string of the molecule is CCOC(=O)c1c(NC(=O)[C@@]23CC[C@@](C)(C(=O)C2=O)C3(C)C)sc2c1CCCC2. The van der Waals surface area contributed by atoms with Gasteiger partial charge in [0.15, 0.2) is 0 Å². The molecule has 2 fully saturated rings. The Morgan fingerprint density at radius 3 is 2.38 bits per heavy atom. The summed E-state index contributed by atoms with van der Waals surface area (Å²) in [6.45, 7) is 7.48. The molecule has 1 N–H and O–H groups in total. The van der Waals surface area contributed by atoms with E-state index in [1.807, 2.05) is 13.8 Å². The summed E-state index contributed by atoms with van der Waals surface area (Å²) in [6.07, 6.45) is 4.56. The third kappa shape index (κ3) is 2.39. The highest BCUT2D eigenvalue weighted by Gasteiger charge is 2.77. The first kappa shape index (κ1) is 20.3. The fourth-order valence-corrected chi connectivity index (χ4v) is 6.83. The average molecular weight is 418 g/mol. The lowest BCUT2D eigenvalue weighted by Gasteiger charge is -2.37. The number of rotatable bonds is 4. The lowest BCUT2D eigenvalue weighted by molar-refractivity contribution is -0.147. The topological polar surface area (TPSA) is 89.5 Å². The van der Waals surface area contributed by atoms with Gasteiger partial charge in [0.2, 0.25) is 17.5 Å². The van der Waals surface area contributed by atoms with Crippen molar-refractivity contribution in [2.45, 2.75) is 66.2 Å². The number of carbonyl (C=O) groups excluding carboxylic acids is 4. The van der Waals surface area contributed by atoms with Crippen molar-refractivity contribution in [2.24, 2.45) is 16.2 Å². The number of anilines is 1. The van der Waals surface area contributed by atoms with Gasteiger partial charge in [-0.2, -0.15) is 0 Å². The van der Waals surface area contributed by atoms with E-state index in [0.717, 1.165) is 36.1 Å². The summed E-state index contributed by atoms with van der Waals surface area (Å²) in [7, 11) is 0. The molecule has 1 heterocycles. The summed E-state index contributed by atoms with van der Waals surface area (Å²) < 4.78 is 5.25. The summed E-state index contributed by atoms with van der Waals surface area (Å²) >= 11 is 1.40. The van der Waals surface area contributed by atoms with Gasteiger partial charge < -0.3 is 10.1 Å². The summed E-state index contributed by atoms with van der Waals surface area (Å²) in [5, 5.41) is 3.35. The smallest absolute Gasteiger partial charge is 0.341 e. The maximum atomic E-state index is 13.5. The van der Waals surface area contributed by atoms with Crippen molar-refractivity contribution in [3.63, 3.8) is 0 Å². The van der Waals surface area contributed by atoms with E-state index in [2.05, 4.69) is 5.32 Å². The molecular weight excluding hydrogens is 390 g/mol. The number of ketones is 2. The Morgan fingerprint density at radius 2 is 1.76 bits per heavy atom. The number of thiophene rings is 1. The first-order chi connectivity index (χ1) is 13.6. The van der Waals surface area contributed by atoms with Gasteiger partial charge >= 0.3 is 5.97 Å². The molecule has 29 heavy (non-hydrogen) atoms. The molecule has 2 atom stereocenters. The van der Waals surface area contributed by atoms with Gasteiger partial charge in [-0.05, 0) is 56.4 Å². The molecule has 2 bridgehead atoms. The molecule has 3 aliphatic rings. The molecule has 1 aromatic rings. The third-order valence-corrected chi connectivity index (χ3v) is 9.01. The molecule has 0 aliphatic heterocycles. The average Bonchev–Trinajstić information content (AvgIpc) is 3.17. The quantitative estimate of drug-likeness (QED) is 0.458. The van der Waals surface area contributed by atoms with Crippen LogP contribution in [0.25, 0.3) is 0 Å². The molecular formula is C22H27NO5S. The molecule has 6 nitrogen and oxygen atoms in total. The number of fused-ring (bicyclic) bond motifs is 3. The molecule has 7 heteroatoms. The van der Waals surface area contributed by atoms with Gasteiger partial charge in [0, 0.05) is 10.3 Å². The van der Waals surface area contributed by atoms with Crippen LogP contribution < -0.4 is 5.32 Å². The fraction of sp³-hybridized carbons (Fsp3) is 0.636. The van der Waals surface area contributed by atoms with Crippen molar-refractivity contribution in [2.75, 3.05) is 11.9 Å². The van der Waals surface area contributed by atoms with E-state index in [9.17, 15) is 19.2 Å². The zero-order chi connectivity index (χ0) is 21.2. The van der Waals surface area contributed by atoms with Crippen LogP contribution >= 0.6 is 11.3 Å². The predicted octanol–water partition coefficient (Wildman–Crippen LogP) is 3.71. The lowest BCUT2D eigenvalue weighted by atomic mass is 9.64. The molecule has 1 aromatic heterocycles. The highest BCUT2D eigenvalue weighted by molar-refractivity contribution is 7.17. The van der Waals surface area contributed by atoms with E-state index in [1.165, 1.54) is 11.3 Å². The van der Waals surface area contributed by atoms with Crippen molar-refractivity contribution in [3.8, 4) is 0 Å². The minimum absolute atomic E-state index is 0.249. The Morgan fingerprint density at radius 1 is 1.07 bits per heavy atom. The van der Waals surface area contributed by atoms with Crippen LogP contribution in [-0.2, 0) is 32.0 Å². The highest BCUT2D eigenvalue weighted by atomic mass is 32.1. The number of ether oxygens (including phenoxy) is 1. The van der Waals surface area contributed by atoms with E-state index in [0.29, 0.717) is 23.4 Å². The van der Waals surface area contributed by atoms with Gasteiger partial charge in [-0.15, -0.1) is 11.3 Å². The number of nitrogens with one attached hydrogen (secondary N) is 1. The monoisotopic (exact) mass is 417 g/mol. The molecule has 156 valence electrons. The number of esters is 1. The van der Waals surface area contributed by atoms with Crippen LogP contribution in [0, 0.1) is 16.2 Å². The Hall–Kier alpha value is -2.02. The maximum Gasteiger partial charge on any atom is 0.341 e. The second-order valence-electron chi connectivity index (χ2n) is 9.11. The van der Waals surface area contributed by atoms with Crippen molar-refractivity contribution >= 4 is 39.8 Å². The van der Waals surface area contributed by atoms with E-state index in [4.69, 9.17) is 4.74 Å². The molecule has 2 saturated carbocycles. The molecule has 0 unspecified atom stereocenters. The zero-order valence-electron chi connectivity index (χ0n) is 17.4. The Labute approximate surface area is 174 Å². The second kappa shape index (κ2) is 6.49. The first-order valence-electron chi connectivity index (χ1n) is 10.3. The molecule has 0 saturated heterocycles. The van der Waals surface area contributed by atoms with Crippen molar-refractivity contribution in [1.82, 2.24) is 0 Å². The standard InChI is InChI=1S/C22H27NO5S/c1-5-28-18(26)14-12-8-6-7-9-13(12)29-17(14)23-19(27)22-11-10-21(4,20(22,2)3)15(24)16(22)25/h5-11H2,1-4H3,(H,23,27)/t21-,22+/m0/s1. The van der Waals surface area contributed by atoms with E-state index >= 15 is 0 Å². The van der Waals surface area contributed by atoms with Gasteiger partial charge in [-0.1, -0.05) is 20.8 Å². The Balaban J connectivity index is 1.75. The number of amides is 1. The highest BCUT2D eigenvalue weighted by Crippen LogP contribution is 2.69. The zero-order valence-corrected chi connectivity index (χ0v) is 18.2. The second-order valence-corrected chi connectivity index (χ2v) is 10.2. The van der Waals surface area contributed by atoms with E-state index < -0.39 is 39.7 Å². The lowest BCUT2D eigenvalue weighted by Crippen LogP contribution is -2.47. The Kier molecular flexibility index (Phi) is 4.53. The number of hydrogen-bond acceptors (Lipinski definition) is 6. The minimum atomic E-state index is -1.38. The van der Waals surface area contributed by atoms with E-state index in [-0.39, 0.29) is 6.61 Å². The number of carbonyl (C=O) groups is 4. The van der Waals surface area contributed by atoms with Gasteiger partial charge in [0.05, 0.1) is 12.2 Å². The maximum absolute atomic E-state index is 13.5. The molecule has 4 rings (SSSR count). The fourth-order valence-electron chi connectivity index (χ4n) is 5.56. The summed E-state index contributed by atoms with van der Waals surface area (Å²) in [5.74, 6) is -1.94. The number of aryl methyl sites for hydroxylation is 1. The number of hydrogen-bond donors (Lipinski definition) is 1. The third-order valence-electron chi connectivity index (χ3n) is 7.81. The van der Waals surface area contributed by atoms with Crippen LogP contribution in [0.3, 0.4) is 0 Å². The van der Waals surface area contributed by atoms with Crippen LogP contribution in [0.5, 0.6) is 0 Å². The van der Waals surface area contributed by atoms with Crippen LogP contribution in [0.2, 0.25) is 0 Å². The Bertz CT molecular complexity index is 945. The summed E-state index contributed by atoms with van der Waals surface area (Å²) in [5.41, 5.74) is -1.60. The van der Waals surface area contributed by atoms with Crippen molar-refractivity contribution in [1.29, 1.82) is 0 Å². The number of Topliss-reactive ketones (excluding diaryl/α,β-unsaturated/α-hetero) is 2. The van der Waals surface area contributed by atoms with Crippen molar-refractivity contribution in [3.05, 3.63) is 16.0 Å². The van der Waals surface area contributed by atoms with Crippen molar-refractivity contribution < 1.29 is 23.9 Å². The van der Waals surface area contributed by atoms with Gasteiger partial charge in [-0.3, -0.25) is 14.4 Å². The van der Waals surface area contributed by atoms with Crippen LogP contribution in [0.4, 0.5) is 5.00 Å². The van der Waals surface area contributed by atoms with Crippen LogP contribution in [0.15, 0.2) is 0 Å². The largest absolute Gasteiger partial charge is 0.462 e. The minimum Gasteiger partial charge on any atom is -0.462 e. The first-order valence-corrected chi connectivity index (χ1v) is 11.2. The molecule has 0 radical (unpaired) electrons. The van der Waals surface area contributed by atoms with Crippen LogP contribution in [-0.4, -0.2) is 30.0 Å². The van der Waals surface area contributed by atoms with Gasteiger partial charge in [-0.25, -0.2) is 4.79 Å². The van der Waals surface area contributed by atoms with Crippen LogP contribution in [0.1, 0.15) is 74.2 Å². The molecule has 3 aliphatic carbocycles. The molecule has 1 amide bonds. The van der Waals surface area contributed by atoms with E-state index in [1.54, 1.807) is 13.8 Å². The van der Waals surface area contributed by atoms with Gasteiger partial charge in [0.25, 0.3) is 0 Å². The molecule has 0 spiro atoms. The predicted molar refractivity (Wildman–Crippen MR) is 109 cm³/mol. The van der Waals surface area contributed by atoms with Gasteiger partial charge in [0.1, 0.15) is 10.4 Å². The summed E-state index contributed by atoms with van der Waals surface area (Å²) in [4.78, 5) is 52.9. The summed E-state index contributed by atoms with van der Waals surface area (Å²) in [6, 6.07) is 0.